The first-order chi connectivity index (χ1) is 8.32. The number of carbonyl (C=O) groups excluding carboxylic acids is 1. The van der Waals surface area contributed by atoms with Gasteiger partial charge in [0, 0.05) is 5.92 Å². The van der Waals surface area contributed by atoms with E-state index in [0.29, 0.717) is 0 Å². The minimum Gasteiger partial charge on any atom is -0.479 e. The van der Waals surface area contributed by atoms with Crippen LogP contribution in [0.25, 0.3) is 0 Å². The third-order valence-electron chi connectivity index (χ3n) is 2.33. The van der Waals surface area contributed by atoms with Gasteiger partial charge in [-0.2, -0.15) is 0 Å². The standard InChI is InChI=1S/C12H13F2NO3/c1-6(2)11(16)15-10(12(17)18)7-3-4-8(13)9(14)5-7/h3-6,10H,1-2H3,(H,15,16)(H,17,18). The molecule has 0 saturated carbocycles. The van der Waals surface area contributed by atoms with Crippen LogP contribution in [0, 0.1) is 17.6 Å². The average molecular weight is 257 g/mol. The predicted molar refractivity (Wildman–Crippen MR) is 59.7 cm³/mol. The summed E-state index contributed by atoms with van der Waals surface area (Å²) in [6, 6.07) is 1.31. The molecule has 98 valence electrons. The van der Waals surface area contributed by atoms with E-state index in [0.717, 1.165) is 18.2 Å². The molecular formula is C12H13F2NO3. The van der Waals surface area contributed by atoms with Crippen molar-refractivity contribution in [1.82, 2.24) is 5.32 Å². The van der Waals surface area contributed by atoms with E-state index >= 15 is 0 Å². The number of halogens is 2. The zero-order chi connectivity index (χ0) is 13.9. The summed E-state index contributed by atoms with van der Waals surface area (Å²) in [7, 11) is 0. The van der Waals surface area contributed by atoms with Crippen molar-refractivity contribution in [3.8, 4) is 0 Å². The van der Waals surface area contributed by atoms with Gasteiger partial charge >= 0.3 is 5.97 Å². The third kappa shape index (κ3) is 3.26. The topological polar surface area (TPSA) is 66.4 Å². The third-order valence-corrected chi connectivity index (χ3v) is 2.33. The fourth-order valence-corrected chi connectivity index (χ4v) is 1.29. The van der Waals surface area contributed by atoms with E-state index in [4.69, 9.17) is 5.11 Å². The van der Waals surface area contributed by atoms with Gasteiger partial charge in [0.25, 0.3) is 0 Å². The van der Waals surface area contributed by atoms with Crippen LogP contribution in [-0.4, -0.2) is 17.0 Å². The van der Waals surface area contributed by atoms with Gasteiger partial charge in [-0.3, -0.25) is 4.79 Å². The molecule has 18 heavy (non-hydrogen) atoms. The molecule has 0 heterocycles. The van der Waals surface area contributed by atoms with Gasteiger partial charge in [-0.05, 0) is 17.7 Å². The fraction of sp³-hybridized carbons (Fsp3) is 0.333. The van der Waals surface area contributed by atoms with Crippen LogP contribution >= 0.6 is 0 Å². The van der Waals surface area contributed by atoms with Crippen LogP contribution in [0.5, 0.6) is 0 Å². The molecule has 0 radical (unpaired) electrons. The van der Waals surface area contributed by atoms with Gasteiger partial charge in [0.2, 0.25) is 5.91 Å². The molecule has 0 aliphatic rings. The first-order valence-electron chi connectivity index (χ1n) is 5.31. The molecule has 0 fully saturated rings. The van der Waals surface area contributed by atoms with Gasteiger partial charge in [-0.25, -0.2) is 13.6 Å². The van der Waals surface area contributed by atoms with Crippen LogP contribution in [0.3, 0.4) is 0 Å². The van der Waals surface area contributed by atoms with Crippen molar-refractivity contribution in [2.45, 2.75) is 19.9 Å². The maximum atomic E-state index is 13.0. The first-order valence-corrected chi connectivity index (χ1v) is 5.31. The Hall–Kier alpha value is -1.98. The molecule has 1 amide bonds. The Morgan fingerprint density at radius 3 is 2.28 bits per heavy atom. The van der Waals surface area contributed by atoms with Crippen molar-refractivity contribution in [3.63, 3.8) is 0 Å². The second-order valence-electron chi connectivity index (χ2n) is 4.11. The second kappa shape index (κ2) is 5.57. The molecule has 4 nitrogen and oxygen atoms in total. The van der Waals surface area contributed by atoms with Crippen molar-refractivity contribution in [1.29, 1.82) is 0 Å². The number of carboxylic acids is 1. The van der Waals surface area contributed by atoms with E-state index in [-0.39, 0.29) is 5.56 Å². The Kier molecular flexibility index (Phi) is 4.36. The molecule has 1 aromatic rings. The molecule has 1 aromatic carbocycles. The lowest BCUT2D eigenvalue weighted by atomic mass is 10.1. The Bertz CT molecular complexity index is 474. The minimum atomic E-state index is -1.39. The van der Waals surface area contributed by atoms with Crippen molar-refractivity contribution in [2.24, 2.45) is 5.92 Å². The van der Waals surface area contributed by atoms with Crippen molar-refractivity contribution >= 4 is 11.9 Å². The highest BCUT2D eigenvalue weighted by Gasteiger charge is 2.24. The van der Waals surface area contributed by atoms with Crippen molar-refractivity contribution < 1.29 is 23.5 Å². The summed E-state index contributed by atoms with van der Waals surface area (Å²) in [6.45, 7) is 3.19. The Morgan fingerprint density at radius 1 is 1.22 bits per heavy atom. The predicted octanol–water partition coefficient (Wildman–Crippen LogP) is 1.86. The number of rotatable bonds is 4. The Morgan fingerprint density at radius 2 is 1.83 bits per heavy atom. The number of carboxylic acid groups (broad SMARTS) is 1. The van der Waals surface area contributed by atoms with Gasteiger partial charge in [0.15, 0.2) is 17.7 Å². The first kappa shape index (κ1) is 14.1. The number of amides is 1. The summed E-state index contributed by atoms with van der Waals surface area (Å²) in [6.07, 6.45) is 0. The molecule has 0 saturated heterocycles. The zero-order valence-electron chi connectivity index (χ0n) is 9.91. The van der Waals surface area contributed by atoms with E-state index in [1.54, 1.807) is 13.8 Å². The highest BCUT2D eigenvalue weighted by molar-refractivity contribution is 5.85. The quantitative estimate of drug-likeness (QED) is 0.865. The summed E-state index contributed by atoms with van der Waals surface area (Å²) in [5, 5.41) is 11.2. The Labute approximate surface area is 103 Å². The molecule has 0 bridgehead atoms. The van der Waals surface area contributed by atoms with E-state index in [1.165, 1.54) is 0 Å². The molecule has 0 aliphatic heterocycles. The minimum absolute atomic E-state index is 0.0181. The lowest BCUT2D eigenvalue weighted by molar-refractivity contribution is -0.142. The molecule has 0 aromatic heterocycles. The van der Waals surface area contributed by atoms with E-state index in [2.05, 4.69) is 5.32 Å². The molecule has 1 atom stereocenters. The SMILES string of the molecule is CC(C)C(=O)NC(C(=O)O)c1ccc(F)c(F)c1. The maximum absolute atomic E-state index is 13.0. The van der Waals surface area contributed by atoms with Gasteiger partial charge < -0.3 is 10.4 Å². The Balaban J connectivity index is 3.01. The molecule has 6 heteroatoms. The lowest BCUT2D eigenvalue weighted by Gasteiger charge is -2.16. The highest BCUT2D eigenvalue weighted by atomic mass is 19.2. The van der Waals surface area contributed by atoms with Gasteiger partial charge in [-0.1, -0.05) is 19.9 Å². The number of benzene rings is 1. The number of hydrogen-bond acceptors (Lipinski definition) is 2. The van der Waals surface area contributed by atoms with Crippen LogP contribution < -0.4 is 5.32 Å². The number of aliphatic carboxylic acids is 1. The number of nitrogens with one attached hydrogen (secondary N) is 1. The van der Waals surface area contributed by atoms with Crippen LogP contribution in [0.2, 0.25) is 0 Å². The second-order valence-corrected chi connectivity index (χ2v) is 4.11. The van der Waals surface area contributed by atoms with Gasteiger partial charge in [-0.15, -0.1) is 0 Å². The summed E-state index contributed by atoms with van der Waals surface area (Å²) < 4.78 is 25.8. The normalized spacial score (nSPS) is 12.3. The summed E-state index contributed by atoms with van der Waals surface area (Å²) in [5.74, 6) is -4.45. The van der Waals surface area contributed by atoms with Gasteiger partial charge in [0.05, 0.1) is 0 Å². The summed E-state index contributed by atoms with van der Waals surface area (Å²) in [4.78, 5) is 22.5. The highest BCUT2D eigenvalue weighted by Crippen LogP contribution is 2.17. The van der Waals surface area contributed by atoms with Crippen LogP contribution in [0.1, 0.15) is 25.5 Å². The fourth-order valence-electron chi connectivity index (χ4n) is 1.29. The maximum Gasteiger partial charge on any atom is 0.330 e. The van der Waals surface area contributed by atoms with Crippen molar-refractivity contribution in [2.75, 3.05) is 0 Å². The van der Waals surface area contributed by atoms with E-state index in [9.17, 15) is 18.4 Å². The van der Waals surface area contributed by atoms with Crippen LogP contribution in [0.15, 0.2) is 18.2 Å². The molecule has 1 rings (SSSR count). The zero-order valence-corrected chi connectivity index (χ0v) is 9.91. The van der Waals surface area contributed by atoms with Crippen LogP contribution in [0.4, 0.5) is 8.78 Å². The smallest absolute Gasteiger partial charge is 0.330 e. The van der Waals surface area contributed by atoms with Gasteiger partial charge in [0.1, 0.15) is 0 Å². The molecule has 2 N–H and O–H groups in total. The number of hydrogen-bond donors (Lipinski definition) is 2. The molecule has 0 aliphatic carbocycles. The van der Waals surface area contributed by atoms with E-state index in [1.807, 2.05) is 0 Å². The summed E-state index contributed by atoms with van der Waals surface area (Å²) in [5.41, 5.74) is -0.0181. The van der Waals surface area contributed by atoms with Crippen LogP contribution in [-0.2, 0) is 9.59 Å². The lowest BCUT2D eigenvalue weighted by Crippen LogP contribution is -2.36. The summed E-state index contributed by atoms with van der Waals surface area (Å²) >= 11 is 0. The number of carbonyl (C=O) groups is 2. The monoisotopic (exact) mass is 257 g/mol. The molecule has 1 unspecified atom stereocenters. The molecular weight excluding hydrogens is 244 g/mol. The average Bonchev–Trinajstić information content (AvgIpc) is 2.29. The van der Waals surface area contributed by atoms with Crippen molar-refractivity contribution in [3.05, 3.63) is 35.4 Å². The largest absolute Gasteiger partial charge is 0.479 e. The van der Waals surface area contributed by atoms with E-state index < -0.39 is 35.5 Å². The molecule has 0 spiro atoms.